The van der Waals surface area contributed by atoms with Gasteiger partial charge in [-0.25, -0.2) is 0 Å². The molecule has 2 rings (SSSR count). The molecule has 0 aromatic carbocycles. The minimum absolute atomic E-state index is 0.570. The van der Waals surface area contributed by atoms with E-state index >= 15 is 0 Å². The van der Waals surface area contributed by atoms with E-state index in [-0.39, 0.29) is 0 Å². The van der Waals surface area contributed by atoms with Crippen LogP contribution in [0, 0.1) is 12.8 Å². The van der Waals surface area contributed by atoms with Gasteiger partial charge in [0.2, 0.25) is 0 Å². The zero-order chi connectivity index (χ0) is 11.5. The third-order valence-electron chi connectivity index (χ3n) is 3.46. The van der Waals surface area contributed by atoms with Crippen molar-refractivity contribution in [2.45, 2.75) is 50.3 Å². The van der Waals surface area contributed by atoms with Crippen molar-refractivity contribution in [1.29, 1.82) is 0 Å². The van der Waals surface area contributed by atoms with Gasteiger partial charge in [0, 0.05) is 14.2 Å². The molecule has 0 nitrogen and oxygen atoms in total. The summed E-state index contributed by atoms with van der Waals surface area (Å²) in [7, 11) is 0. The number of hydrogen-bond donors (Lipinski definition) is 0. The molecule has 0 amide bonds. The Hall–Kier alpha value is 0.660. The molecule has 0 bridgehead atoms. The minimum atomic E-state index is 0.570. The Morgan fingerprint density at radius 3 is 2.38 bits per heavy atom. The molecular formula is C13H18Br2S. The van der Waals surface area contributed by atoms with Gasteiger partial charge in [-0.2, -0.15) is 0 Å². The monoisotopic (exact) mass is 364 g/mol. The topological polar surface area (TPSA) is 0 Å². The lowest BCUT2D eigenvalue weighted by atomic mass is 9.96. The summed E-state index contributed by atoms with van der Waals surface area (Å²) in [5.74, 6) is 0.840. The van der Waals surface area contributed by atoms with Gasteiger partial charge in [0.1, 0.15) is 0 Å². The molecule has 1 saturated carbocycles. The first kappa shape index (κ1) is 13.1. The Kier molecular flexibility index (Phi) is 4.92. The molecule has 0 aliphatic heterocycles. The molecule has 1 heterocycles. The lowest BCUT2D eigenvalue weighted by Crippen LogP contribution is -2.05. The normalized spacial score (nSPS) is 20.7. The molecule has 16 heavy (non-hydrogen) atoms. The summed E-state index contributed by atoms with van der Waals surface area (Å²) in [6.07, 6.45) is 8.48. The average Bonchev–Trinajstić information content (AvgIpc) is 2.51. The van der Waals surface area contributed by atoms with Crippen LogP contribution >= 0.6 is 43.2 Å². The highest BCUT2D eigenvalue weighted by molar-refractivity contribution is 9.10. The van der Waals surface area contributed by atoms with Crippen molar-refractivity contribution >= 4 is 43.2 Å². The quantitative estimate of drug-likeness (QED) is 0.430. The van der Waals surface area contributed by atoms with Gasteiger partial charge in [-0.1, -0.05) is 41.6 Å². The van der Waals surface area contributed by atoms with Crippen LogP contribution in [0.2, 0.25) is 0 Å². The zero-order valence-electron chi connectivity index (χ0n) is 9.64. The standard InChI is InChI=1S/C13H18Br2S/c1-9-11(14)8-12(16-9)13(15)10-6-4-2-3-5-7-10/h8,10,13H,2-7H2,1H3. The number of thiophene rings is 1. The molecule has 1 aliphatic carbocycles. The first-order valence-corrected chi connectivity index (χ1v) is 8.61. The van der Waals surface area contributed by atoms with Crippen LogP contribution in [0.1, 0.15) is 53.1 Å². The molecule has 1 atom stereocenters. The molecule has 1 fully saturated rings. The highest BCUT2D eigenvalue weighted by Gasteiger charge is 2.23. The predicted octanol–water partition coefficient (Wildman–Crippen LogP) is 6.23. The molecule has 1 aliphatic rings. The maximum absolute atomic E-state index is 3.92. The van der Waals surface area contributed by atoms with E-state index in [1.165, 1.54) is 52.8 Å². The third kappa shape index (κ3) is 3.11. The van der Waals surface area contributed by atoms with E-state index in [1.54, 1.807) is 0 Å². The maximum Gasteiger partial charge on any atom is 0.0517 e. The summed E-state index contributed by atoms with van der Waals surface area (Å²) in [6.45, 7) is 2.19. The highest BCUT2D eigenvalue weighted by Crippen LogP contribution is 2.43. The second-order valence-corrected chi connectivity index (χ2v) is 7.84. The summed E-state index contributed by atoms with van der Waals surface area (Å²) < 4.78 is 1.27. The third-order valence-corrected chi connectivity index (χ3v) is 7.23. The van der Waals surface area contributed by atoms with Gasteiger partial charge in [0.05, 0.1) is 4.83 Å². The zero-order valence-corrected chi connectivity index (χ0v) is 13.6. The van der Waals surface area contributed by atoms with Crippen molar-refractivity contribution in [3.63, 3.8) is 0 Å². The van der Waals surface area contributed by atoms with Crippen molar-refractivity contribution in [2.75, 3.05) is 0 Å². The van der Waals surface area contributed by atoms with E-state index in [2.05, 4.69) is 44.8 Å². The largest absolute Gasteiger partial charge is 0.143 e. The molecule has 1 unspecified atom stereocenters. The van der Waals surface area contributed by atoms with Crippen molar-refractivity contribution in [2.24, 2.45) is 5.92 Å². The van der Waals surface area contributed by atoms with Crippen LogP contribution < -0.4 is 0 Å². The Labute approximate surface area is 119 Å². The lowest BCUT2D eigenvalue weighted by molar-refractivity contribution is 0.457. The van der Waals surface area contributed by atoms with E-state index in [4.69, 9.17) is 0 Å². The number of rotatable bonds is 2. The number of alkyl halides is 1. The maximum atomic E-state index is 3.92. The Morgan fingerprint density at radius 1 is 1.25 bits per heavy atom. The first-order valence-electron chi connectivity index (χ1n) is 6.08. The number of aryl methyl sites for hydroxylation is 1. The Balaban J connectivity index is 2.07. The van der Waals surface area contributed by atoms with Crippen LogP contribution in [-0.4, -0.2) is 0 Å². The van der Waals surface area contributed by atoms with Gasteiger partial charge in [0.15, 0.2) is 0 Å². The van der Waals surface area contributed by atoms with Crippen molar-refractivity contribution < 1.29 is 0 Å². The SMILES string of the molecule is Cc1sc(C(Br)C2CCCCCC2)cc1Br. The molecule has 3 heteroatoms. The van der Waals surface area contributed by atoms with Crippen LogP contribution in [0.15, 0.2) is 10.5 Å². The fourth-order valence-electron chi connectivity index (χ4n) is 2.45. The van der Waals surface area contributed by atoms with E-state index in [1.807, 2.05) is 11.3 Å². The van der Waals surface area contributed by atoms with Gasteiger partial charge in [-0.3, -0.25) is 0 Å². The second-order valence-electron chi connectivity index (χ2n) is 4.71. The minimum Gasteiger partial charge on any atom is -0.143 e. The summed E-state index contributed by atoms with van der Waals surface area (Å²) in [4.78, 5) is 3.46. The van der Waals surface area contributed by atoms with Gasteiger partial charge in [-0.15, -0.1) is 11.3 Å². The average molecular weight is 366 g/mol. The highest BCUT2D eigenvalue weighted by atomic mass is 79.9. The van der Waals surface area contributed by atoms with Gasteiger partial charge >= 0.3 is 0 Å². The lowest BCUT2D eigenvalue weighted by Gasteiger charge is -2.19. The smallest absolute Gasteiger partial charge is 0.0517 e. The van der Waals surface area contributed by atoms with Gasteiger partial charge < -0.3 is 0 Å². The van der Waals surface area contributed by atoms with Crippen LogP contribution in [0.25, 0.3) is 0 Å². The Morgan fingerprint density at radius 2 is 1.88 bits per heavy atom. The van der Waals surface area contributed by atoms with E-state index < -0.39 is 0 Å². The van der Waals surface area contributed by atoms with Crippen molar-refractivity contribution in [3.8, 4) is 0 Å². The molecule has 1 aromatic rings. The fourth-order valence-corrected chi connectivity index (χ4v) is 5.03. The molecule has 0 saturated heterocycles. The number of hydrogen-bond acceptors (Lipinski definition) is 1. The van der Waals surface area contributed by atoms with E-state index in [0.29, 0.717) is 4.83 Å². The van der Waals surface area contributed by atoms with Crippen molar-refractivity contribution in [1.82, 2.24) is 0 Å². The molecular weight excluding hydrogens is 348 g/mol. The molecule has 0 spiro atoms. The van der Waals surface area contributed by atoms with Crippen LogP contribution in [0.5, 0.6) is 0 Å². The summed E-state index contributed by atoms with van der Waals surface area (Å²) in [6, 6.07) is 2.30. The summed E-state index contributed by atoms with van der Waals surface area (Å²) in [5.41, 5.74) is 0. The second kappa shape index (κ2) is 6.01. The first-order chi connectivity index (χ1) is 7.68. The molecule has 1 aromatic heterocycles. The van der Waals surface area contributed by atoms with Gasteiger partial charge in [-0.05, 0) is 47.7 Å². The van der Waals surface area contributed by atoms with Crippen LogP contribution in [0.3, 0.4) is 0 Å². The fraction of sp³-hybridized carbons (Fsp3) is 0.692. The molecule has 90 valence electrons. The number of halogens is 2. The molecule has 0 N–H and O–H groups in total. The van der Waals surface area contributed by atoms with Crippen molar-refractivity contribution in [3.05, 3.63) is 20.3 Å². The molecule has 0 radical (unpaired) electrons. The summed E-state index contributed by atoms with van der Waals surface area (Å²) in [5, 5.41) is 0. The van der Waals surface area contributed by atoms with Crippen LogP contribution in [0.4, 0.5) is 0 Å². The van der Waals surface area contributed by atoms with Gasteiger partial charge in [0.25, 0.3) is 0 Å². The Bertz CT molecular complexity index is 318. The van der Waals surface area contributed by atoms with Crippen LogP contribution in [-0.2, 0) is 0 Å². The van der Waals surface area contributed by atoms with E-state index in [0.717, 1.165) is 5.92 Å². The van der Waals surface area contributed by atoms with E-state index in [9.17, 15) is 0 Å². The predicted molar refractivity (Wildman–Crippen MR) is 79.6 cm³/mol. The summed E-state index contributed by atoms with van der Waals surface area (Å²) >= 11 is 9.46.